The molecule has 0 aliphatic carbocycles. The number of hydrogen-bond acceptors (Lipinski definition) is 5. The van der Waals surface area contributed by atoms with Gasteiger partial charge in [0.1, 0.15) is 0 Å². The average molecular weight is 943 g/mol. The lowest BCUT2D eigenvalue weighted by Crippen LogP contribution is -2.45. The zero-order valence-corrected chi connectivity index (χ0v) is 44.9. The predicted octanol–water partition coefficient (Wildman–Crippen LogP) is 18.4. The molecule has 67 heavy (non-hydrogen) atoms. The SMILES string of the molecule is CCCCCCCCC/C=C\CCCCCCCCCC(=O)OCCCCC/C=C\CCCCCCCC(=O)NC(CO)C(O)/C=C/CCCCCCCCCCCCCCCCCCCC. The van der Waals surface area contributed by atoms with E-state index in [0.717, 1.165) is 83.5 Å². The fraction of sp³-hybridized carbons (Fsp3) is 0.869. The fourth-order valence-corrected chi connectivity index (χ4v) is 9.03. The summed E-state index contributed by atoms with van der Waals surface area (Å²) in [4.78, 5) is 24.6. The Bertz CT molecular complexity index is 1090. The Balaban J connectivity index is 3.52. The molecule has 6 nitrogen and oxygen atoms in total. The Morgan fingerprint density at radius 2 is 0.701 bits per heavy atom. The number of carbonyl (C=O) groups excluding carboxylic acids is 2. The van der Waals surface area contributed by atoms with Crippen molar-refractivity contribution >= 4 is 11.9 Å². The van der Waals surface area contributed by atoms with Crippen LogP contribution in [0.15, 0.2) is 36.5 Å². The second-order valence-electron chi connectivity index (χ2n) is 20.3. The summed E-state index contributed by atoms with van der Waals surface area (Å²) >= 11 is 0. The van der Waals surface area contributed by atoms with Crippen LogP contribution in [0.25, 0.3) is 0 Å². The molecule has 0 saturated carbocycles. The van der Waals surface area contributed by atoms with Gasteiger partial charge in [0, 0.05) is 12.8 Å². The van der Waals surface area contributed by atoms with Gasteiger partial charge in [-0.1, -0.05) is 249 Å². The molecular formula is C61H115NO5. The Labute approximate surface area is 417 Å². The number of aliphatic hydroxyl groups is 2. The van der Waals surface area contributed by atoms with Crippen molar-refractivity contribution in [3.05, 3.63) is 36.5 Å². The third kappa shape index (κ3) is 53.3. The van der Waals surface area contributed by atoms with Crippen molar-refractivity contribution < 1.29 is 24.5 Å². The number of aliphatic hydroxyl groups excluding tert-OH is 2. The van der Waals surface area contributed by atoms with Gasteiger partial charge in [0.05, 0.1) is 25.4 Å². The van der Waals surface area contributed by atoms with Crippen LogP contribution in [0.4, 0.5) is 0 Å². The molecule has 0 aromatic rings. The molecule has 0 rings (SSSR count). The van der Waals surface area contributed by atoms with E-state index in [1.54, 1.807) is 6.08 Å². The first-order valence-corrected chi connectivity index (χ1v) is 29.8. The zero-order chi connectivity index (χ0) is 48.6. The van der Waals surface area contributed by atoms with Gasteiger partial charge in [-0.3, -0.25) is 9.59 Å². The topological polar surface area (TPSA) is 95.9 Å². The minimum absolute atomic E-state index is 0.0270. The molecule has 0 aliphatic heterocycles. The van der Waals surface area contributed by atoms with Crippen molar-refractivity contribution in [2.45, 2.75) is 328 Å². The van der Waals surface area contributed by atoms with Gasteiger partial charge in [-0.2, -0.15) is 0 Å². The summed E-state index contributed by atoms with van der Waals surface area (Å²) in [7, 11) is 0. The molecule has 0 aliphatic rings. The van der Waals surface area contributed by atoms with Crippen molar-refractivity contribution in [3.63, 3.8) is 0 Å². The quantitative estimate of drug-likeness (QED) is 0.0321. The molecule has 1 amide bonds. The highest BCUT2D eigenvalue weighted by Crippen LogP contribution is 2.16. The lowest BCUT2D eigenvalue weighted by Gasteiger charge is -2.20. The van der Waals surface area contributed by atoms with Crippen LogP contribution in [0.1, 0.15) is 316 Å². The van der Waals surface area contributed by atoms with Crippen LogP contribution in [-0.4, -0.2) is 47.4 Å². The molecule has 394 valence electrons. The molecule has 3 N–H and O–H groups in total. The van der Waals surface area contributed by atoms with Gasteiger partial charge in [-0.25, -0.2) is 0 Å². The van der Waals surface area contributed by atoms with Gasteiger partial charge in [0.2, 0.25) is 5.91 Å². The summed E-state index contributed by atoms with van der Waals surface area (Å²) in [6.07, 6.45) is 70.3. The van der Waals surface area contributed by atoms with E-state index >= 15 is 0 Å². The maximum Gasteiger partial charge on any atom is 0.305 e. The van der Waals surface area contributed by atoms with Gasteiger partial charge in [0.25, 0.3) is 0 Å². The van der Waals surface area contributed by atoms with Crippen molar-refractivity contribution in [1.29, 1.82) is 0 Å². The number of unbranched alkanes of at least 4 members (excludes halogenated alkanes) is 40. The van der Waals surface area contributed by atoms with Crippen molar-refractivity contribution in [1.82, 2.24) is 5.32 Å². The van der Waals surface area contributed by atoms with Crippen molar-refractivity contribution in [3.8, 4) is 0 Å². The standard InChI is InChI=1S/C61H115NO5/c1-3-5-7-9-11-13-15-17-19-21-23-24-25-27-29-33-37-41-45-49-53-59(64)58(57-63)62-60(65)54-50-46-42-38-34-31-32-36-40-44-48-52-56-67-61(66)55-51-47-43-39-35-30-28-26-22-20-18-16-14-12-10-8-6-4-2/h20,22,32,36,49,53,58-59,63-64H,3-19,21,23-31,33-35,37-48,50-52,54-57H2,1-2H3,(H,62,65)/b22-20-,36-32-,53-49+. The molecule has 0 bridgehead atoms. The third-order valence-electron chi connectivity index (χ3n) is 13.6. The third-order valence-corrected chi connectivity index (χ3v) is 13.6. The van der Waals surface area contributed by atoms with E-state index in [9.17, 15) is 19.8 Å². The first-order chi connectivity index (χ1) is 33.0. The van der Waals surface area contributed by atoms with Crippen molar-refractivity contribution in [2.24, 2.45) is 0 Å². The summed E-state index contributed by atoms with van der Waals surface area (Å²) in [6.45, 7) is 4.86. The van der Waals surface area contributed by atoms with Crippen LogP contribution in [0.5, 0.6) is 0 Å². The van der Waals surface area contributed by atoms with E-state index in [0.29, 0.717) is 19.4 Å². The average Bonchev–Trinajstić information content (AvgIpc) is 3.33. The highest BCUT2D eigenvalue weighted by molar-refractivity contribution is 5.76. The van der Waals surface area contributed by atoms with Crippen LogP contribution in [0.2, 0.25) is 0 Å². The van der Waals surface area contributed by atoms with Crippen LogP contribution < -0.4 is 5.32 Å². The first-order valence-electron chi connectivity index (χ1n) is 29.8. The Morgan fingerprint density at radius 1 is 0.403 bits per heavy atom. The molecule has 0 fully saturated rings. The Hall–Kier alpha value is -1.92. The molecule has 0 aromatic heterocycles. The lowest BCUT2D eigenvalue weighted by atomic mass is 10.0. The summed E-state index contributed by atoms with van der Waals surface area (Å²) in [6, 6.07) is -0.648. The lowest BCUT2D eigenvalue weighted by molar-refractivity contribution is -0.143. The molecule has 0 saturated heterocycles. The largest absolute Gasteiger partial charge is 0.466 e. The van der Waals surface area contributed by atoms with Gasteiger partial charge in [-0.05, 0) is 89.9 Å². The summed E-state index contributed by atoms with van der Waals surface area (Å²) in [5, 5.41) is 23.1. The summed E-state index contributed by atoms with van der Waals surface area (Å²) in [5.41, 5.74) is 0. The highest BCUT2D eigenvalue weighted by Gasteiger charge is 2.18. The first kappa shape index (κ1) is 65.1. The second-order valence-corrected chi connectivity index (χ2v) is 20.3. The summed E-state index contributed by atoms with van der Waals surface area (Å²) in [5.74, 6) is -0.119. The fourth-order valence-electron chi connectivity index (χ4n) is 9.03. The van der Waals surface area contributed by atoms with E-state index in [4.69, 9.17) is 4.74 Å². The number of carbonyl (C=O) groups is 2. The molecule has 6 heteroatoms. The Kier molecular flexibility index (Phi) is 55.0. The summed E-state index contributed by atoms with van der Waals surface area (Å²) < 4.78 is 5.46. The van der Waals surface area contributed by atoms with E-state index in [1.165, 1.54) is 205 Å². The number of esters is 1. The number of nitrogens with one attached hydrogen (secondary N) is 1. The van der Waals surface area contributed by atoms with Crippen LogP contribution in [0, 0.1) is 0 Å². The molecule has 2 unspecified atom stereocenters. The maximum absolute atomic E-state index is 12.5. The minimum Gasteiger partial charge on any atom is -0.466 e. The van der Waals surface area contributed by atoms with Gasteiger partial charge >= 0.3 is 5.97 Å². The van der Waals surface area contributed by atoms with E-state index in [-0.39, 0.29) is 18.5 Å². The number of hydrogen-bond donors (Lipinski definition) is 3. The normalized spacial score (nSPS) is 12.8. The number of allylic oxidation sites excluding steroid dienone is 5. The smallest absolute Gasteiger partial charge is 0.305 e. The van der Waals surface area contributed by atoms with Crippen LogP contribution in [0.3, 0.4) is 0 Å². The van der Waals surface area contributed by atoms with Gasteiger partial charge in [-0.15, -0.1) is 0 Å². The second kappa shape index (κ2) is 56.7. The highest BCUT2D eigenvalue weighted by atomic mass is 16.5. The minimum atomic E-state index is -0.862. The number of ether oxygens (including phenoxy) is 1. The Morgan fingerprint density at radius 3 is 1.06 bits per heavy atom. The molecule has 0 aromatic carbocycles. The predicted molar refractivity (Wildman–Crippen MR) is 292 cm³/mol. The van der Waals surface area contributed by atoms with Gasteiger partial charge in [0.15, 0.2) is 0 Å². The zero-order valence-electron chi connectivity index (χ0n) is 44.9. The molecule has 0 spiro atoms. The van der Waals surface area contributed by atoms with E-state index in [2.05, 4.69) is 43.5 Å². The van der Waals surface area contributed by atoms with E-state index < -0.39 is 12.1 Å². The van der Waals surface area contributed by atoms with Crippen molar-refractivity contribution in [2.75, 3.05) is 13.2 Å². The van der Waals surface area contributed by atoms with Gasteiger partial charge < -0.3 is 20.3 Å². The maximum atomic E-state index is 12.5. The molecule has 2 atom stereocenters. The molecular weight excluding hydrogens is 827 g/mol. The van der Waals surface area contributed by atoms with Crippen LogP contribution >= 0.6 is 0 Å². The number of rotatable bonds is 55. The molecule has 0 heterocycles. The molecule has 0 radical (unpaired) electrons. The van der Waals surface area contributed by atoms with E-state index in [1.807, 2.05) is 6.08 Å². The number of amides is 1. The van der Waals surface area contributed by atoms with Crippen LogP contribution in [-0.2, 0) is 14.3 Å². The monoisotopic (exact) mass is 942 g/mol.